The van der Waals surface area contributed by atoms with Crippen LogP contribution in [0.2, 0.25) is 0 Å². The Balaban J connectivity index is 4.40. The van der Waals surface area contributed by atoms with Crippen LogP contribution in [0.1, 0.15) is 34.1 Å². The largest absolute Gasteiger partial charge is 0.481 e. The quantitative estimate of drug-likeness (QED) is 0.738. The molecule has 0 aliphatic rings. The Hall–Kier alpha value is -0.750. The predicted octanol–water partition coefficient (Wildman–Crippen LogP) is 1.51. The Bertz CT molecular complexity index is 301. The number of hydrogen-bond acceptors (Lipinski definition) is 4. The van der Waals surface area contributed by atoms with E-state index in [1.165, 1.54) is 18.9 Å². The molecule has 5 nitrogen and oxygen atoms in total. The average Bonchev–Trinajstić information content (AvgIpc) is 2.12. The van der Waals surface area contributed by atoms with E-state index in [4.69, 9.17) is 9.84 Å². The van der Waals surface area contributed by atoms with Crippen molar-refractivity contribution in [1.29, 1.82) is 0 Å². The van der Waals surface area contributed by atoms with Gasteiger partial charge >= 0.3 is 5.97 Å². The molecule has 0 rings (SSSR count). The Labute approximate surface area is 113 Å². The van der Waals surface area contributed by atoms with Crippen LogP contribution in [0.4, 0.5) is 0 Å². The van der Waals surface area contributed by atoms with Gasteiger partial charge in [0.05, 0.1) is 24.3 Å². The van der Waals surface area contributed by atoms with E-state index in [9.17, 15) is 9.59 Å². The number of thioether (sulfide) groups is 1. The molecule has 0 heterocycles. The molecule has 0 saturated carbocycles. The van der Waals surface area contributed by atoms with Gasteiger partial charge in [-0.1, -0.05) is 20.8 Å². The number of hydrogen-bond donors (Lipinski definition) is 2. The lowest BCUT2D eigenvalue weighted by Gasteiger charge is -2.29. The van der Waals surface area contributed by atoms with Crippen molar-refractivity contribution < 1.29 is 19.4 Å². The normalized spacial score (nSPS) is 14.9. The highest BCUT2D eigenvalue weighted by molar-refractivity contribution is 8.01. The lowest BCUT2D eigenvalue weighted by atomic mass is 9.99. The van der Waals surface area contributed by atoms with Crippen molar-refractivity contribution in [2.24, 2.45) is 0 Å². The number of carbonyl (C=O) groups is 2. The van der Waals surface area contributed by atoms with Crippen molar-refractivity contribution in [2.45, 2.75) is 44.4 Å². The zero-order chi connectivity index (χ0) is 14.4. The third-order valence-corrected chi connectivity index (χ3v) is 3.35. The summed E-state index contributed by atoms with van der Waals surface area (Å²) in [6, 6.07) is 0. The van der Waals surface area contributed by atoms with E-state index in [0.29, 0.717) is 5.75 Å². The van der Waals surface area contributed by atoms with E-state index in [1.54, 1.807) is 6.92 Å². The minimum atomic E-state index is -0.960. The number of ether oxygens (including phenoxy) is 1. The molecule has 2 N–H and O–H groups in total. The lowest BCUT2D eigenvalue weighted by Crippen LogP contribution is -2.51. The van der Waals surface area contributed by atoms with Gasteiger partial charge in [-0.15, -0.1) is 11.8 Å². The summed E-state index contributed by atoms with van der Waals surface area (Å²) in [4.78, 5) is 22.6. The summed E-state index contributed by atoms with van der Waals surface area (Å²) < 4.78 is 4.97. The molecular weight excluding hydrogens is 254 g/mol. The van der Waals surface area contributed by atoms with Gasteiger partial charge in [0.2, 0.25) is 5.91 Å². The molecule has 6 heteroatoms. The van der Waals surface area contributed by atoms with Gasteiger partial charge in [-0.25, -0.2) is 0 Å². The van der Waals surface area contributed by atoms with E-state index < -0.39 is 11.5 Å². The topological polar surface area (TPSA) is 75.6 Å². The maximum atomic E-state index is 11.8. The number of carboxylic acid groups (broad SMARTS) is 1. The molecule has 1 unspecified atom stereocenters. The maximum absolute atomic E-state index is 11.8. The number of nitrogens with one attached hydrogen (secondary N) is 1. The minimum absolute atomic E-state index is 0.00178. The highest BCUT2D eigenvalue weighted by Crippen LogP contribution is 2.23. The van der Waals surface area contributed by atoms with Gasteiger partial charge in [0.25, 0.3) is 0 Å². The van der Waals surface area contributed by atoms with Crippen molar-refractivity contribution in [3.05, 3.63) is 0 Å². The average molecular weight is 277 g/mol. The highest BCUT2D eigenvalue weighted by Gasteiger charge is 2.29. The zero-order valence-electron chi connectivity index (χ0n) is 11.7. The van der Waals surface area contributed by atoms with Gasteiger partial charge < -0.3 is 15.2 Å². The van der Waals surface area contributed by atoms with Gasteiger partial charge in [0, 0.05) is 11.9 Å². The molecule has 18 heavy (non-hydrogen) atoms. The third-order valence-electron chi connectivity index (χ3n) is 2.08. The standard InChI is InChI=1S/C12H23NO4S/c1-11(2,3)18-7-9(14)13-12(4,8-17-5)6-10(15)16/h6-8H2,1-5H3,(H,13,14)(H,15,16). The van der Waals surface area contributed by atoms with Crippen LogP contribution in [0.25, 0.3) is 0 Å². The number of carboxylic acids is 1. The SMILES string of the molecule is COCC(C)(CC(=O)O)NC(=O)CSC(C)(C)C. The molecule has 0 aliphatic carbocycles. The molecule has 0 aromatic rings. The third kappa shape index (κ3) is 8.36. The summed E-state index contributed by atoms with van der Waals surface area (Å²) in [5.74, 6) is -0.823. The molecule has 1 amide bonds. The second-order valence-electron chi connectivity index (χ2n) is 5.51. The van der Waals surface area contributed by atoms with E-state index in [2.05, 4.69) is 5.32 Å². The summed E-state index contributed by atoms with van der Waals surface area (Å²) in [5, 5.41) is 11.6. The van der Waals surface area contributed by atoms with Crippen LogP contribution >= 0.6 is 11.8 Å². The first kappa shape index (κ1) is 17.2. The Kier molecular flexibility index (Phi) is 6.70. The number of rotatable bonds is 7. The van der Waals surface area contributed by atoms with Gasteiger partial charge in [0.1, 0.15) is 0 Å². The number of amides is 1. The summed E-state index contributed by atoms with van der Waals surface area (Å²) >= 11 is 1.52. The molecule has 0 bridgehead atoms. The van der Waals surface area contributed by atoms with Crippen LogP contribution in [0, 0.1) is 0 Å². The van der Waals surface area contributed by atoms with Gasteiger partial charge in [-0.05, 0) is 6.92 Å². The summed E-state index contributed by atoms with van der Waals surface area (Å²) in [6.07, 6.45) is -0.160. The van der Waals surface area contributed by atoms with Crippen LogP contribution in [0.5, 0.6) is 0 Å². The number of aliphatic carboxylic acids is 1. The predicted molar refractivity (Wildman–Crippen MR) is 72.9 cm³/mol. The van der Waals surface area contributed by atoms with Crippen molar-refractivity contribution in [1.82, 2.24) is 5.32 Å². The second-order valence-corrected chi connectivity index (χ2v) is 7.32. The molecule has 106 valence electrons. The molecule has 0 aromatic heterocycles. The molecule has 0 fully saturated rings. The molecule has 0 spiro atoms. The first-order valence-electron chi connectivity index (χ1n) is 5.74. The lowest BCUT2D eigenvalue weighted by molar-refractivity contribution is -0.139. The van der Waals surface area contributed by atoms with Crippen molar-refractivity contribution >= 4 is 23.6 Å². The van der Waals surface area contributed by atoms with E-state index >= 15 is 0 Å². The number of carbonyl (C=O) groups excluding carboxylic acids is 1. The van der Waals surface area contributed by atoms with Crippen LogP contribution in [-0.2, 0) is 14.3 Å². The smallest absolute Gasteiger partial charge is 0.305 e. The van der Waals surface area contributed by atoms with Crippen LogP contribution in [-0.4, -0.2) is 46.7 Å². The molecule has 0 saturated heterocycles. The van der Waals surface area contributed by atoms with E-state index in [0.717, 1.165) is 0 Å². The maximum Gasteiger partial charge on any atom is 0.305 e. The summed E-state index contributed by atoms with van der Waals surface area (Å²) in [6.45, 7) is 7.92. The van der Waals surface area contributed by atoms with Gasteiger partial charge in [-0.3, -0.25) is 9.59 Å². The molecule has 0 aliphatic heterocycles. The Morgan fingerprint density at radius 1 is 1.28 bits per heavy atom. The van der Waals surface area contributed by atoms with Crippen LogP contribution < -0.4 is 5.32 Å². The Morgan fingerprint density at radius 2 is 1.83 bits per heavy atom. The van der Waals surface area contributed by atoms with Gasteiger partial charge in [-0.2, -0.15) is 0 Å². The molecule has 1 atom stereocenters. The summed E-state index contributed by atoms with van der Waals surface area (Å²) in [7, 11) is 1.48. The zero-order valence-corrected chi connectivity index (χ0v) is 12.5. The van der Waals surface area contributed by atoms with Gasteiger partial charge in [0.15, 0.2) is 0 Å². The second kappa shape index (κ2) is 6.99. The fourth-order valence-corrected chi connectivity index (χ4v) is 2.07. The fraction of sp³-hybridized carbons (Fsp3) is 0.833. The fourth-order valence-electron chi connectivity index (χ4n) is 1.44. The van der Waals surface area contributed by atoms with Crippen molar-refractivity contribution in [3.63, 3.8) is 0 Å². The molecule has 0 aromatic carbocycles. The van der Waals surface area contributed by atoms with Crippen LogP contribution in [0.15, 0.2) is 0 Å². The first-order valence-corrected chi connectivity index (χ1v) is 6.72. The van der Waals surface area contributed by atoms with Crippen LogP contribution in [0.3, 0.4) is 0 Å². The first-order chi connectivity index (χ1) is 8.08. The molecular formula is C12H23NO4S. The number of methoxy groups -OCH3 is 1. The molecule has 0 radical (unpaired) electrons. The monoisotopic (exact) mass is 277 g/mol. The van der Waals surface area contributed by atoms with E-state index in [-0.39, 0.29) is 23.7 Å². The minimum Gasteiger partial charge on any atom is -0.481 e. The van der Waals surface area contributed by atoms with E-state index in [1.807, 2.05) is 20.8 Å². The van der Waals surface area contributed by atoms with Crippen molar-refractivity contribution in [2.75, 3.05) is 19.5 Å². The Morgan fingerprint density at radius 3 is 2.22 bits per heavy atom. The highest BCUT2D eigenvalue weighted by atomic mass is 32.2. The van der Waals surface area contributed by atoms with Crippen molar-refractivity contribution in [3.8, 4) is 0 Å². The summed E-state index contributed by atoms with van der Waals surface area (Å²) in [5.41, 5.74) is -0.865.